The predicted octanol–water partition coefficient (Wildman–Crippen LogP) is 8.98. The summed E-state index contributed by atoms with van der Waals surface area (Å²) in [7, 11) is -11.2. The van der Waals surface area contributed by atoms with Gasteiger partial charge in [-0.2, -0.15) is 29.8 Å². The van der Waals surface area contributed by atoms with E-state index in [2.05, 4.69) is 61.0 Å². The molecule has 8 rings (SSSR count). The van der Waals surface area contributed by atoms with E-state index in [1.807, 2.05) is 49.1 Å². The van der Waals surface area contributed by atoms with Gasteiger partial charge in [0.15, 0.2) is 17.2 Å². The van der Waals surface area contributed by atoms with Crippen LogP contribution in [0.2, 0.25) is 0 Å². The maximum atomic E-state index is 12.3. The van der Waals surface area contributed by atoms with Gasteiger partial charge in [0.05, 0.1) is 21.8 Å². The van der Waals surface area contributed by atoms with Crippen LogP contribution in [-0.4, -0.2) is 86.7 Å². The van der Waals surface area contributed by atoms with Crippen LogP contribution in [0.1, 0.15) is 108 Å². The molecule has 0 saturated heterocycles. The maximum absolute atomic E-state index is 12.3. The summed E-state index contributed by atoms with van der Waals surface area (Å²) in [5.74, 6) is 1.72. The highest BCUT2D eigenvalue weighted by molar-refractivity contribution is 7.86. The van der Waals surface area contributed by atoms with Crippen molar-refractivity contribution in [1.29, 1.82) is 0 Å². The molecule has 18 heteroatoms. The highest BCUT2D eigenvalue weighted by atomic mass is 32.2. The number of aryl methyl sites for hydroxylation is 2. The van der Waals surface area contributed by atoms with Crippen molar-refractivity contribution in [2.75, 3.05) is 36.5 Å². The lowest BCUT2D eigenvalue weighted by Crippen LogP contribution is -2.28. The quantitative estimate of drug-likeness (QED) is 0.0565. The molecule has 0 spiro atoms. The molecule has 0 fully saturated rings. The second-order valence-electron chi connectivity index (χ2n) is 20.2. The molecule has 1 unspecified atom stereocenters. The first-order valence-electron chi connectivity index (χ1n) is 24.2. The molecule has 0 bridgehead atoms. The minimum absolute atomic E-state index is 0.0834. The first-order chi connectivity index (χ1) is 33.4. The molecule has 2 aliphatic carbocycles. The molecule has 0 aromatic heterocycles. The number of benzene rings is 3. The van der Waals surface area contributed by atoms with Gasteiger partial charge in [-0.15, -0.1) is 0 Å². The van der Waals surface area contributed by atoms with E-state index in [-0.39, 0.29) is 35.3 Å². The van der Waals surface area contributed by atoms with E-state index < -0.39 is 46.9 Å². The number of carbonyl (C=O) groups excluding carboxylic acids is 1. The van der Waals surface area contributed by atoms with Crippen LogP contribution in [0.3, 0.4) is 0 Å². The van der Waals surface area contributed by atoms with Crippen molar-refractivity contribution in [3.8, 4) is 11.5 Å². The Bertz CT molecular complexity index is 3210. The van der Waals surface area contributed by atoms with E-state index >= 15 is 0 Å². The van der Waals surface area contributed by atoms with Gasteiger partial charge in [0.1, 0.15) is 18.1 Å². The fourth-order valence-electron chi connectivity index (χ4n) is 10.7. The van der Waals surface area contributed by atoms with Crippen molar-refractivity contribution in [1.82, 2.24) is 5.32 Å². The van der Waals surface area contributed by atoms with Gasteiger partial charge in [-0.1, -0.05) is 37.6 Å². The smallest absolute Gasteiger partial charge is 0.294 e. The minimum Gasteiger partial charge on any atom is -0.453 e. The zero-order chi connectivity index (χ0) is 51.3. The number of anilines is 1. The van der Waals surface area contributed by atoms with E-state index in [0.717, 1.165) is 64.2 Å². The second kappa shape index (κ2) is 19.9. The van der Waals surface area contributed by atoms with Gasteiger partial charge in [-0.25, -0.2) is 0 Å². The Morgan fingerprint density at radius 3 is 2.20 bits per heavy atom. The van der Waals surface area contributed by atoms with Crippen molar-refractivity contribution in [2.24, 2.45) is 5.92 Å². The monoisotopic (exact) mass is 1030 g/mol. The zero-order valence-corrected chi connectivity index (χ0v) is 43.6. The Morgan fingerprint density at radius 2 is 1.49 bits per heavy atom. The predicted molar refractivity (Wildman–Crippen MR) is 273 cm³/mol. The molecule has 0 radical (unpaired) electrons. The number of ether oxygens (including phenoxy) is 2. The molecule has 1 atom stereocenters. The van der Waals surface area contributed by atoms with Crippen LogP contribution >= 0.6 is 0 Å². The third-order valence-electron chi connectivity index (χ3n) is 14.5. The van der Waals surface area contributed by atoms with Gasteiger partial charge < -0.3 is 19.7 Å². The second-order valence-corrected chi connectivity index (χ2v) is 24.8. The molecule has 5 aliphatic rings. The number of carbonyl (C=O) groups is 1. The summed E-state index contributed by atoms with van der Waals surface area (Å²) in [5, 5.41) is 2.69. The molecular formula is C53H64N3O12S3+. The molecule has 380 valence electrons. The maximum Gasteiger partial charge on any atom is 0.294 e. The van der Waals surface area contributed by atoms with Gasteiger partial charge in [0.2, 0.25) is 11.6 Å². The van der Waals surface area contributed by atoms with Gasteiger partial charge in [0, 0.05) is 66.5 Å². The average molecular weight is 1030 g/mol. The first kappa shape index (κ1) is 52.0. The van der Waals surface area contributed by atoms with Gasteiger partial charge in [0.25, 0.3) is 30.4 Å². The van der Waals surface area contributed by atoms with E-state index in [1.54, 1.807) is 13.1 Å². The summed E-state index contributed by atoms with van der Waals surface area (Å²) in [6.07, 6.45) is 13.6. The van der Waals surface area contributed by atoms with Crippen LogP contribution in [0.25, 0.3) is 0 Å². The minimum atomic E-state index is -4.52. The largest absolute Gasteiger partial charge is 0.453 e. The number of nitrogens with one attached hydrogen (secondary N) is 1. The lowest BCUT2D eigenvalue weighted by atomic mass is 9.74. The SMILES string of the molecule is CNC(=O)CCc1ccc2c(c1)OC1=C3C(=C(/C=C/C4=[N+](CCCCS(=O)(=O)O)c5ccc(C)cc5C4(C)C)CCC3CC/C1=C\C=C1\N(CCCCS(=O)(=O)O)c3ccc(S(=O)(=O)O)cc3C1(C)C)O2. The Labute approximate surface area is 418 Å². The van der Waals surface area contributed by atoms with Crippen molar-refractivity contribution in [3.63, 3.8) is 0 Å². The fourth-order valence-corrected chi connectivity index (χ4v) is 12.4. The van der Waals surface area contributed by atoms with Crippen molar-refractivity contribution in [2.45, 2.75) is 115 Å². The number of unbranched alkanes of at least 4 members (excludes halogenated alkanes) is 2. The molecular weight excluding hydrogens is 967 g/mol. The number of hydrogen-bond donors (Lipinski definition) is 4. The van der Waals surface area contributed by atoms with Crippen LogP contribution in [0, 0.1) is 12.8 Å². The summed E-state index contributed by atoms with van der Waals surface area (Å²) in [6, 6.07) is 16.6. The normalized spacial score (nSPS) is 20.5. The molecule has 0 saturated carbocycles. The third kappa shape index (κ3) is 11.2. The van der Waals surface area contributed by atoms with Gasteiger partial charge >= 0.3 is 0 Å². The van der Waals surface area contributed by atoms with E-state index in [0.29, 0.717) is 79.5 Å². The summed E-state index contributed by atoms with van der Waals surface area (Å²) in [5.41, 5.74) is 9.14. The topological polar surface area (TPSA) is 217 Å². The molecule has 4 N–H and O–H groups in total. The van der Waals surface area contributed by atoms with Crippen LogP contribution in [0.4, 0.5) is 11.4 Å². The first-order valence-corrected chi connectivity index (χ1v) is 28.8. The lowest BCUT2D eigenvalue weighted by Gasteiger charge is -2.33. The zero-order valence-electron chi connectivity index (χ0n) is 41.1. The standard InChI is InChI=1S/C53H63N3O12S3/c1-34-11-21-42-40(31-34)52(2,3)46(55(42)27-7-9-29-69(58,59)60)24-18-37-16-14-36-15-17-38(51-49(36)50(37)67-44-23-12-35(32-45(44)68-51)13-26-48(57)54-6)19-25-47-53(4,5)41-33-39(71(64,65)66)20-22-43(41)56(47)28-8-10-30-70(61,62)63/h11-12,18-25,31-33,36H,7-10,13-17,26-30H2,1-6H3,(H3-,54,57,58,59,60,61,62,63,64,65,66)/p+1. The summed E-state index contributed by atoms with van der Waals surface area (Å²) in [6.45, 7) is 11.3. The molecule has 3 aliphatic heterocycles. The van der Waals surface area contributed by atoms with E-state index in [4.69, 9.17) is 9.47 Å². The molecule has 3 aromatic rings. The molecule has 71 heavy (non-hydrogen) atoms. The summed E-state index contributed by atoms with van der Waals surface area (Å²) in [4.78, 5) is 14.1. The fraction of sp³-hybridized carbons (Fsp3) is 0.434. The van der Waals surface area contributed by atoms with Crippen molar-refractivity contribution < 1.29 is 57.8 Å². The molecule has 3 aromatic carbocycles. The lowest BCUT2D eigenvalue weighted by molar-refractivity contribution is -0.438. The van der Waals surface area contributed by atoms with Gasteiger partial charge in [-0.3, -0.25) is 18.5 Å². The van der Waals surface area contributed by atoms with Crippen LogP contribution in [-0.2, 0) is 52.4 Å². The molecule has 1 amide bonds. The van der Waals surface area contributed by atoms with E-state index in [9.17, 15) is 43.7 Å². The Balaban J connectivity index is 1.25. The number of allylic oxidation sites excluding steroid dienone is 8. The van der Waals surface area contributed by atoms with E-state index in [1.165, 1.54) is 17.7 Å². The Hall–Kier alpha value is -5.37. The third-order valence-corrected chi connectivity index (χ3v) is 17.0. The van der Waals surface area contributed by atoms with Crippen molar-refractivity contribution >= 4 is 53.3 Å². The summed E-state index contributed by atoms with van der Waals surface area (Å²) >= 11 is 0. The number of nitrogens with zero attached hydrogens (tertiary/aromatic N) is 2. The number of hydrogen-bond acceptors (Lipinski definition) is 10. The van der Waals surface area contributed by atoms with Gasteiger partial charge in [-0.05, 0) is 149 Å². The highest BCUT2D eigenvalue weighted by Gasteiger charge is 2.45. The molecule has 15 nitrogen and oxygen atoms in total. The number of fused-ring (bicyclic) bond motifs is 3. The average Bonchev–Trinajstić information content (AvgIpc) is 3.53. The number of amides is 1. The van der Waals surface area contributed by atoms with Crippen LogP contribution in [0.15, 0.2) is 118 Å². The van der Waals surface area contributed by atoms with Crippen LogP contribution in [0.5, 0.6) is 11.5 Å². The number of rotatable bonds is 17. The van der Waals surface area contributed by atoms with Crippen LogP contribution < -0.4 is 19.7 Å². The Kier molecular flexibility index (Phi) is 14.6. The highest BCUT2D eigenvalue weighted by Crippen LogP contribution is 2.52. The molecule has 3 heterocycles. The van der Waals surface area contributed by atoms with Crippen molar-refractivity contribution in [3.05, 3.63) is 135 Å². The Morgan fingerprint density at radius 1 is 0.789 bits per heavy atom. The summed E-state index contributed by atoms with van der Waals surface area (Å²) < 4.78 is 116.